The lowest BCUT2D eigenvalue weighted by atomic mass is 10.3. The van der Waals surface area contributed by atoms with E-state index in [0.717, 1.165) is 12.1 Å². The third-order valence-electron chi connectivity index (χ3n) is 5.43. The van der Waals surface area contributed by atoms with Gasteiger partial charge >= 0.3 is 0 Å². The van der Waals surface area contributed by atoms with Crippen LogP contribution in [0, 0.1) is 0 Å². The van der Waals surface area contributed by atoms with Crippen molar-refractivity contribution in [3.63, 3.8) is 0 Å². The number of rotatable bonds is 19. The molecule has 0 bridgehead atoms. The zero-order chi connectivity index (χ0) is 36.5. The largest absolute Gasteiger partial charge is 0.353 e. The first-order valence-electron chi connectivity index (χ1n) is 13.2. The molecule has 0 saturated heterocycles. The number of hydrogen-bond acceptors (Lipinski definition) is 18. The lowest BCUT2D eigenvalue weighted by Gasteiger charge is -2.11. The van der Waals surface area contributed by atoms with Crippen LogP contribution in [0.4, 0.5) is 29.5 Å². The maximum absolute atomic E-state index is 12.4. The number of aromatic nitrogens is 6. The van der Waals surface area contributed by atoms with Crippen molar-refractivity contribution >= 4 is 93.0 Å². The van der Waals surface area contributed by atoms with Gasteiger partial charge in [-0.15, -0.1) is 0 Å². The normalized spacial score (nSPS) is 12.8. The molecule has 0 aliphatic carbocycles. The van der Waals surface area contributed by atoms with E-state index in [2.05, 4.69) is 60.6 Å². The zero-order valence-electron chi connectivity index (χ0n) is 24.9. The molecule has 3 aromatic rings. The molecule has 49 heavy (non-hydrogen) atoms. The summed E-state index contributed by atoms with van der Waals surface area (Å²) < 4.78 is 117. The number of nitrogens with one attached hydrogen (secondary N) is 6. The van der Waals surface area contributed by atoms with E-state index in [0.29, 0.717) is 0 Å². The highest BCUT2D eigenvalue weighted by atomic mass is 35.5. The molecule has 28 heteroatoms. The number of halogens is 2. The van der Waals surface area contributed by atoms with E-state index in [1.54, 1.807) is 0 Å². The van der Waals surface area contributed by atoms with E-state index in [9.17, 15) is 38.2 Å². The second-order valence-electron chi connectivity index (χ2n) is 9.29. The summed E-state index contributed by atoms with van der Waals surface area (Å²) in [6.45, 7) is 0.305. The monoisotopic (exact) mass is 806 g/mol. The van der Waals surface area contributed by atoms with Crippen LogP contribution >= 0.6 is 23.2 Å². The topological polar surface area (TPSA) is 327 Å². The molecule has 0 fully saturated rings. The molecule has 3 rings (SSSR count). The highest BCUT2D eigenvalue weighted by Gasteiger charge is 2.21. The van der Waals surface area contributed by atoms with E-state index < -0.39 is 45.4 Å². The first-order valence-corrected chi connectivity index (χ1v) is 20.1. The molecule has 270 valence electrons. The van der Waals surface area contributed by atoms with Crippen LogP contribution in [-0.2, 0) is 40.3 Å². The van der Waals surface area contributed by atoms with Crippen molar-refractivity contribution in [3.05, 3.63) is 45.8 Å². The van der Waals surface area contributed by atoms with E-state index >= 15 is 0 Å². The van der Waals surface area contributed by atoms with Gasteiger partial charge in [0.25, 0.3) is 20.2 Å². The van der Waals surface area contributed by atoms with Gasteiger partial charge in [-0.05, 0) is 54.4 Å². The molecule has 0 amide bonds. The van der Waals surface area contributed by atoms with E-state index in [1.807, 2.05) is 0 Å². The summed E-state index contributed by atoms with van der Waals surface area (Å²) >= 11 is 11.8. The average Bonchev–Trinajstić information content (AvgIpc) is 2.96. The maximum Gasteiger partial charge on any atom is 0.294 e. The first kappa shape index (κ1) is 39.8. The predicted molar refractivity (Wildman–Crippen MR) is 179 cm³/mol. The Morgan fingerprint density at radius 3 is 1.71 bits per heavy atom. The minimum Gasteiger partial charge on any atom is -0.353 e. The summed E-state index contributed by atoms with van der Waals surface area (Å²) in [6, 6.07) is 5.12. The highest BCUT2D eigenvalue weighted by Crippen LogP contribution is 2.19. The van der Waals surface area contributed by atoms with Crippen LogP contribution in [0.15, 0.2) is 40.1 Å². The number of nitrogens with zero attached hydrogens (tertiary/aromatic N) is 6. The summed E-state index contributed by atoms with van der Waals surface area (Å²) in [6.07, 6.45) is 1.16. The van der Waals surface area contributed by atoms with Crippen molar-refractivity contribution in [2.24, 2.45) is 0 Å². The first-order chi connectivity index (χ1) is 22.7. The summed E-state index contributed by atoms with van der Waals surface area (Å²) in [5.74, 6) is -0.346. The SMILES string of the molecule is C/C(=C\CNc1nc(Cl)nc(NCCNS(=O)(=O)CS(=O)(=O)NCCNc2nc(Cl)nc(Nc3cccc(S(=O)(=O)O)c3)n2)n1)S(=O)(=O)O. The molecular weight excluding hydrogens is 779 g/mol. The number of hydrogen-bond donors (Lipinski definition) is 8. The summed E-state index contributed by atoms with van der Waals surface area (Å²) in [4.78, 5) is 22.6. The molecule has 0 unspecified atom stereocenters. The Hall–Kier alpha value is -3.60. The van der Waals surface area contributed by atoms with Gasteiger partial charge in [0.2, 0.25) is 54.4 Å². The molecule has 2 aromatic heterocycles. The maximum atomic E-state index is 12.4. The molecule has 8 N–H and O–H groups in total. The molecular formula is C21H28Cl2N12O10S4. The van der Waals surface area contributed by atoms with Gasteiger partial charge < -0.3 is 21.3 Å². The Balaban J connectivity index is 1.44. The fourth-order valence-electron chi connectivity index (χ4n) is 3.30. The fraction of sp³-hybridized carbons (Fsp3) is 0.333. The molecule has 0 atom stereocenters. The second kappa shape index (κ2) is 16.9. The summed E-state index contributed by atoms with van der Waals surface area (Å²) in [5.41, 5.74) is 0.195. The van der Waals surface area contributed by atoms with Gasteiger partial charge in [0.15, 0.2) is 5.08 Å². The number of anilines is 5. The summed E-state index contributed by atoms with van der Waals surface area (Å²) in [7, 11) is -17.5. The molecule has 0 spiro atoms. The van der Waals surface area contributed by atoms with Crippen LogP contribution in [0.2, 0.25) is 10.6 Å². The Labute approximate surface area is 290 Å². The second-order valence-corrected chi connectivity index (χ2v) is 17.0. The third kappa shape index (κ3) is 14.4. The third-order valence-corrected chi connectivity index (χ3v) is 11.4. The van der Waals surface area contributed by atoms with Crippen molar-refractivity contribution in [2.45, 2.75) is 11.8 Å². The van der Waals surface area contributed by atoms with Crippen LogP contribution in [0.1, 0.15) is 6.92 Å². The lowest BCUT2D eigenvalue weighted by Crippen LogP contribution is -2.39. The van der Waals surface area contributed by atoms with Crippen LogP contribution in [0.5, 0.6) is 0 Å². The van der Waals surface area contributed by atoms with Crippen LogP contribution in [0.25, 0.3) is 0 Å². The molecule has 0 saturated carbocycles. The van der Waals surface area contributed by atoms with Gasteiger partial charge in [-0.25, -0.2) is 26.3 Å². The Bertz CT molecular complexity index is 2130. The molecule has 2 heterocycles. The Morgan fingerprint density at radius 1 is 0.714 bits per heavy atom. The standard InChI is InChI=1S/C21H28Cl2N12O10S4/c1-13(48(40,41)42)5-6-24-18-30-16(22)31-19(34-18)25-7-9-27-46(36,37)12-47(38,39)28-10-8-26-20-32-17(23)33-21(35-20)29-14-3-2-4-15(11-14)49(43,44)45/h2-5,11,27-28H,6-10,12H2,1H3,(H,40,41,42)(H,43,44,45)(H2,24,25,30,31,34)(H2,26,29,32,33,35)/b13-5+. The van der Waals surface area contributed by atoms with Crippen LogP contribution < -0.4 is 30.7 Å². The minimum atomic E-state index is -4.46. The number of sulfonamides is 2. The van der Waals surface area contributed by atoms with Gasteiger partial charge in [-0.2, -0.15) is 46.7 Å². The highest BCUT2D eigenvalue weighted by molar-refractivity contribution is 8.06. The lowest BCUT2D eigenvalue weighted by molar-refractivity contribution is 0.482. The molecule has 0 aliphatic rings. The van der Waals surface area contributed by atoms with Gasteiger partial charge in [-0.1, -0.05) is 6.07 Å². The predicted octanol–water partition coefficient (Wildman–Crippen LogP) is -0.122. The fourth-order valence-corrected chi connectivity index (χ4v) is 7.56. The average molecular weight is 808 g/mol. The molecule has 0 radical (unpaired) electrons. The van der Waals surface area contributed by atoms with E-state index in [1.165, 1.54) is 25.1 Å². The van der Waals surface area contributed by atoms with Crippen molar-refractivity contribution < 1.29 is 42.8 Å². The summed E-state index contributed by atoms with van der Waals surface area (Å²) in [5, 5.41) is 8.88. The molecule has 0 aliphatic heterocycles. The van der Waals surface area contributed by atoms with Gasteiger partial charge in [0.05, 0.1) is 9.80 Å². The smallest absolute Gasteiger partial charge is 0.294 e. The Morgan fingerprint density at radius 2 is 1.20 bits per heavy atom. The van der Waals surface area contributed by atoms with Gasteiger partial charge in [0, 0.05) is 38.4 Å². The molecule has 22 nitrogen and oxygen atoms in total. The van der Waals surface area contributed by atoms with Crippen molar-refractivity contribution in [1.82, 2.24) is 39.3 Å². The number of benzene rings is 1. The van der Waals surface area contributed by atoms with Crippen LogP contribution in [-0.4, -0.2) is 110 Å². The van der Waals surface area contributed by atoms with Gasteiger partial charge in [0.1, 0.15) is 0 Å². The van der Waals surface area contributed by atoms with Crippen molar-refractivity contribution in [2.75, 3.05) is 59.1 Å². The van der Waals surface area contributed by atoms with Crippen molar-refractivity contribution in [1.29, 1.82) is 0 Å². The molecule has 1 aromatic carbocycles. The van der Waals surface area contributed by atoms with Gasteiger partial charge in [-0.3, -0.25) is 9.11 Å². The zero-order valence-corrected chi connectivity index (χ0v) is 29.6. The van der Waals surface area contributed by atoms with E-state index in [4.69, 9.17) is 27.8 Å². The van der Waals surface area contributed by atoms with Crippen LogP contribution in [0.3, 0.4) is 0 Å². The minimum absolute atomic E-state index is 0.0612. The van der Waals surface area contributed by atoms with Crippen molar-refractivity contribution in [3.8, 4) is 0 Å². The Kier molecular flexibility index (Phi) is 13.7. The van der Waals surface area contributed by atoms with E-state index in [-0.39, 0.29) is 82.6 Å². The quantitative estimate of drug-likeness (QED) is 0.0578. The number of allylic oxidation sites excluding steroid dienone is 1.